The van der Waals surface area contributed by atoms with Crippen LogP contribution in [0.5, 0.6) is 0 Å². The van der Waals surface area contributed by atoms with Crippen molar-refractivity contribution >= 4 is 11.6 Å². The predicted octanol–water partition coefficient (Wildman–Crippen LogP) is 1.11. The number of nitrogens with one attached hydrogen (secondary N) is 1. The minimum absolute atomic E-state index is 0.0933. The Hall–Kier alpha value is -1.55. The number of benzene rings is 1. The van der Waals surface area contributed by atoms with Gasteiger partial charge in [0.15, 0.2) is 0 Å². The Morgan fingerprint density at radius 1 is 1.35 bits per heavy atom. The van der Waals surface area contributed by atoms with Gasteiger partial charge in [-0.2, -0.15) is 0 Å². The summed E-state index contributed by atoms with van der Waals surface area (Å²) < 4.78 is 0. The standard InChI is InChI=1S/C13H21N3O/c1-4-12(14)13(17)15-9-10-5-7-11(8-6-10)16(2)3/h5-8,12H,4,9,14H2,1-3H3,(H,15,17)/t12-/m1/s1. The van der Waals surface area contributed by atoms with Crippen molar-refractivity contribution in [1.29, 1.82) is 0 Å². The summed E-state index contributed by atoms with van der Waals surface area (Å²) in [6.45, 7) is 2.43. The molecular formula is C13H21N3O. The second-order valence-electron chi connectivity index (χ2n) is 4.29. The van der Waals surface area contributed by atoms with Gasteiger partial charge >= 0.3 is 0 Å². The topological polar surface area (TPSA) is 58.4 Å². The minimum atomic E-state index is -0.406. The zero-order valence-electron chi connectivity index (χ0n) is 10.7. The number of carbonyl (C=O) groups is 1. The average molecular weight is 235 g/mol. The van der Waals surface area contributed by atoms with Crippen molar-refractivity contribution in [3.63, 3.8) is 0 Å². The quantitative estimate of drug-likeness (QED) is 0.803. The van der Waals surface area contributed by atoms with Gasteiger partial charge in [-0.25, -0.2) is 0 Å². The van der Waals surface area contributed by atoms with Crippen molar-refractivity contribution in [2.24, 2.45) is 5.73 Å². The SMILES string of the molecule is CC[C@@H](N)C(=O)NCc1ccc(N(C)C)cc1. The van der Waals surface area contributed by atoms with E-state index in [-0.39, 0.29) is 5.91 Å². The molecule has 1 atom stereocenters. The second kappa shape index (κ2) is 6.25. The number of hydrogen-bond donors (Lipinski definition) is 2. The fraction of sp³-hybridized carbons (Fsp3) is 0.462. The first-order valence-corrected chi connectivity index (χ1v) is 5.84. The summed E-state index contributed by atoms with van der Waals surface area (Å²) in [5.74, 6) is -0.0933. The van der Waals surface area contributed by atoms with E-state index in [9.17, 15) is 4.79 Å². The van der Waals surface area contributed by atoms with Crippen LogP contribution in [0.15, 0.2) is 24.3 Å². The number of hydrogen-bond acceptors (Lipinski definition) is 3. The van der Waals surface area contributed by atoms with Gasteiger partial charge in [-0.15, -0.1) is 0 Å². The average Bonchev–Trinajstić information content (AvgIpc) is 2.35. The first-order valence-electron chi connectivity index (χ1n) is 5.84. The van der Waals surface area contributed by atoms with E-state index < -0.39 is 6.04 Å². The maximum atomic E-state index is 11.5. The fourth-order valence-corrected chi connectivity index (χ4v) is 1.42. The molecule has 0 radical (unpaired) electrons. The molecule has 1 aromatic carbocycles. The first kappa shape index (κ1) is 13.5. The lowest BCUT2D eigenvalue weighted by Gasteiger charge is -2.13. The van der Waals surface area contributed by atoms with Gasteiger partial charge in [0, 0.05) is 26.3 Å². The molecule has 4 heteroatoms. The molecule has 1 aromatic rings. The van der Waals surface area contributed by atoms with Gasteiger partial charge in [-0.1, -0.05) is 19.1 Å². The smallest absolute Gasteiger partial charge is 0.237 e. The van der Waals surface area contributed by atoms with E-state index in [1.54, 1.807) is 0 Å². The third-order valence-corrected chi connectivity index (χ3v) is 2.70. The molecule has 0 aliphatic heterocycles. The molecule has 0 fully saturated rings. The summed E-state index contributed by atoms with van der Waals surface area (Å²) in [6, 6.07) is 7.67. The van der Waals surface area contributed by atoms with Crippen LogP contribution in [0.4, 0.5) is 5.69 Å². The molecule has 0 aromatic heterocycles. The molecule has 17 heavy (non-hydrogen) atoms. The lowest BCUT2D eigenvalue weighted by Crippen LogP contribution is -2.39. The summed E-state index contributed by atoms with van der Waals surface area (Å²) in [4.78, 5) is 13.5. The molecule has 0 unspecified atom stereocenters. The van der Waals surface area contributed by atoms with Crippen molar-refractivity contribution in [2.45, 2.75) is 25.9 Å². The Bertz CT molecular complexity index is 359. The number of nitrogens with two attached hydrogens (primary N) is 1. The Balaban J connectivity index is 2.50. The highest BCUT2D eigenvalue weighted by atomic mass is 16.2. The highest BCUT2D eigenvalue weighted by Crippen LogP contribution is 2.11. The van der Waals surface area contributed by atoms with E-state index in [4.69, 9.17) is 5.73 Å². The van der Waals surface area contributed by atoms with Crippen LogP contribution in [0, 0.1) is 0 Å². The highest BCUT2D eigenvalue weighted by Gasteiger charge is 2.09. The Labute approximate surface area is 103 Å². The minimum Gasteiger partial charge on any atom is -0.378 e. The maximum absolute atomic E-state index is 11.5. The molecule has 0 bridgehead atoms. The normalized spacial score (nSPS) is 12.0. The monoisotopic (exact) mass is 235 g/mol. The van der Waals surface area contributed by atoms with Crippen molar-refractivity contribution in [3.05, 3.63) is 29.8 Å². The predicted molar refractivity (Wildman–Crippen MR) is 70.9 cm³/mol. The Kier molecular flexibility index (Phi) is 4.97. The molecule has 1 rings (SSSR count). The van der Waals surface area contributed by atoms with E-state index >= 15 is 0 Å². The summed E-state index contributed by atoms with van der Waals surface area (Å²) in [5.41, 5.74) is 7.85. The lowest BCUT2D eigenvalue weighted by molar-refractivity contribution is -0.122. The summed E-state index contributed by atoms with van der Waals surface area (Å²) >= 11 is 0. The number of amides is 1. The molecule has 0 saturated heterocycles. The van der Waals surface area contributed by atoms with Crippen LogP contribution in [0.2, 0.25) is 0 Å². The van der Waals surface area contributed by atoms with E-state index in [0.29, 0.717) is 13.0 Å². The Morgan fingerprint density at radius 3 is 2.41 bits per heavy atom. The largest absolute Gasteiger partial charge is 0.378 e. The van der Waals surface area contributed by atoms with E-state index in [2.05, 4.69) is 5.32 Å². The van der Waals surface area contributed by atoms with Gasteiger partial charge in [0.25, 0.3) is 0 Å². The molecule has 0 aliphatic rings. The molecule has 0 aliphatic carbocycles. The molecule has 94 valence electrons. The van der Waals surface area contributed by atoms with Gasteiger partial charge in [0.2, 0.25) is 5.91 Å². The summed E-state index contributed by atoms with van der Waals surface area (Å²) in [7, 11) is 3.99. The van der Waals surface area contributed by atoms with Crippen molar-refractivity contribution < 1.29 is 4.79 Å². The van der Waals surface area contributed by atoms with Gasteiger partial charge in [0.1, 0.15) is 0 Å². The highest BCUT2D eigenvalue weighted by molar-refractivity contribution is 5.81. The number of anilines is 1. The number of nitrogens with zero attached hydrogens (tertiary/aromatic N) is 1. The van der Waals surface area contributed by atoms with Gasteiger partial charge in [0.05, 0.1) is 6.04 Å². The number of carbonyl (C=O) groups excluding carboxylic acids is 1. The zero-order valence-corrected chi connectivity index (χ0v) is 10.7. The van der Waals surface area contributed by atoms with Crippen molar-refractivity contribution in [2.75, 3.05) is 19.0 Å². The van der Waals surface area contributed by atoms with Gasteiger partial charge in [-0.05, 0) is 24.1 Å². The van der Waals surface area contributed by atoms with Crippen LogP contribution in [0.25, 0.3) is 0 Å². The van der Waals surface area contributed by atoms with E-state index in [0.717, 1.165) is 11.3 Å². The third-order valence-electron chi connectivity index (χ3n) is 2.70. The molecule has 0 heterocycles. The van der Waals surface area contributed by atoms with Crippen LogP contribution in [0.1, 0.15) is 18.9 Å². The van der Waals surface area contributed by atoms with E-state index in [1.807, 2.05) is 50.2 Å². The van der Waals surface area contributed by atoms with Crippen molar-refractivity contribution in [1.82, 2.24) is 5.32 Å². The van der Waals surface area contributed by atoms with Gasteiger partial charge in [-0.3, -0.25) is 4.79 Å². The number of rotatable bonds is 5. The lowest BCUT2D eigenvalue weighted by atomic mass is 10.2. The van der Waals surface area contributed by atoms with E-state index in [1.165, 1.54) is 0 Å². The second-order valence-corrected chi connectivity index (χ2v) is 4.29. The first-order chi connectivity index (χ1) is 8.04. The molecule has 4 nitrogen and oxygen atoms in total. The van der Waals surface area contributed by atoms with Crippen LogP contribution >= 0.6 is 0 Å². The fourth-order valence-electron chi connectivity index (χ4n) is 1.42. The third kappa shape index (κ3) is 4.07. The van der Waals surface area contributed by atoms with Gasteiger partial charge < -0.3 is 16.0 Å². The van der Waals surface area contributed by atoms with Crippen LogP contribution < -0.4 is 16.0 Å². The van der Waals surface area contributed by atoms with Crippen molar-refractivity contribution in [3.8, 4) is 0 Å². The van der Waals surface area contributed by atoms with Crippen LogP contribution in [0.3, 0.4) is 0 Å². The summed E-state index contributed by atoms with van der Waals surface area (Å²) in [6.07, 6.45) is 0.658. The molecule has 3 N–H and O–H groups in total. The van der Waals surface area contributed by atoms with Crippen LogP contribution in [-0.2, 0) is 11.3 Å². The zero-order chi connectivity index (χ0) is 12.8. The Morgan fingerprint density at radius 2 is 1.94 bits per heavy atom. The van der Waals surface area contributed by atoms with Crippen LogP contribution in [-0.4, -0.2) is 26.0 Å². The molecule has 1 amide bonds. The summed E-state index contributed by atoms with van der Waals surface area (Å²) in [5, 5.41) is 2.82. The molecular weight excluding hydrogens is 214 g/mol. The maximum Gasteiger partial charge on any atom is 0.237 e. The molecule has 0 saturated carbocycles. The molecule has 0 spiro atoms.